The van der Waals surface area contributed by atoms with Crippen LogP contribution in [-0.4, -0.2) is 35.0 Å². The maximum Gasteiger partial charge on any atom is 0.407 e. The lowest BCUT2D eigenvalue weighted by Gasteiger charge is -2.26. The molecule has 0 saturated carbocycles. The molecule has 0 spiro atoms. The molecule has 0 aromatic rings. The van der Waals surface area contributed by atoms with Crippen LogP contribution in [-0.2, 0) is 4.79 Å². The number of carbonyl (C=O) groups is 2. The molecule has 1 aliphatic rings. The molecule has 4 nitrogen and oxygen atoms in total. The van der Waals surface area contributed by atoms with Crippen molar-refractivity contribution >= 4 is 23.5 Å². The average Bonchev–Trinajstić information content (AvgIpc) is 2.16. The smallest absolute Gasteiger partial charge is 0.407 e. The Morgan fingerprint density at radius 2 is 1.86 bits per heavy atom. The van der Waals surface area contributed by atoms with Crippen molar-refractivity contribution in [2.45, 2.75) is 19.8 Å². The summed E-state index contributed by atoms with van der Waals surface area (Å²) in [6, 6.07) is 0. The normalized spacial score (nSPS) is 16.7. The monoisotopic (exact) mass is 217 g/mol. The molecule has 0 aliphatic carbocycles. The summed E-state index contributed by atoms with van der Waals surface area (Å²) in [5, 5.41) is 8.96. The molecule has 0 radical (unpaired) electrons. The molecule has 78 valence electrons. The molecule has 1 heterocycles. The number of Topliss-reactive ketones (excluding diaryl/α,β-unsaturated/α-hetero) is 1. The molecule has 1 amide bonds. The zero-order chi connectivity index (χ0) is 10.7. The minimum absolute atomic E-state index is 0.148. The van der Waals surface area contributed by atoms with Gasteiger partial charge in [-0.1, -0.05) is 11.6 Å². The molecular weight excluding hydrogens is 206 g/mol. The van der Waals surface area contributed by atoms with Crippen molar-refractivity contribution in [3.63, 3.8) is 0 Å². The van der Waals surface area contributed by atoms with Crippen molar-refractivity contribution in [3.8, 4) is 0 Å². The third kappa shape index (κ3) is 2.48. The maximum absolute atomic E-state index is 10.9. The number of hydrogen-bond donors (Lipinski definition) is 1. The first-order valence-electron chi connectivity index (χ1n) is 4.38. The Hall–Kier alpha value is -1.03. The molecule has 0 aromatic carbocycles. The van der Waals surface area contributed by atoms with Gasteiger partial charge in [0.2, 0.25) is 0 Å². The number of rotatable bonds is 1. The summed E-state index contributed by atoms with van der Waals surface area (Å²) in [5.74, 6) is -0.148. The van der Waals surface area contributed by atoms with Gasteiger partial charge in [0.05, 0.1) is 5.03 Å². The zero-order valence-electron chi connectivity index (χ0n) is 7.92. The van der Waals surface area contributed by atoms with Crippen molar-refractivity contribution in [1.29, 1.82) is 0 Å². The lowest BCUT2D eigenvalue weighted by molar-refractivity contribution is -0.113. The van der Waals surface area contributed by atoms with Gasteiger partial charge in [-0.3, -0.25) is 4.79 Å². The highest BCUT2D eigenvalue weighted by atomic mass is 35.5. The molecule has 0 unspecified atom stereocenters. The molecule has 0 bridgehead atoms. The first-order chi connectivity index (χ1) is 6.52. The lowest BCUT2D eigenvalue weighted by atomic mass is 10.0. The summed E-state index contributed by atoms with van der Waals surface area (Å²) >= 11 is 5.79. The van der Waals surface area contributed by atoms with E-state index >= 15 is 0 Å². The van der Waals surface area contributed by atoms with Crippen LogP contribution in [0.2, 0.25) is 0 Å². The van der Waals surface area contributed by atoms with Crippen molar-refractivity contribution in [3.05, 3.63) is 10.6 Å². The highest BCUT2D eigenvalue weighted by molar-refractivity contribution is 6.42. The van der Waals surface area contributed by atoms with E-state index in [-0.39, 0.29) is 10.8 Å². The van der Waals surface area contributed by atoms with Crippen molar-refractivity contribution < 1.29 is 14.7 Å². The summed E-state index contributed by atoms with van der Waals surface area (Å²) in [7, 11) is 0. The summed E-state index contributed by atoms with van der Waals surface area (Å²) in [6.07, 6.45) is 0.207. The van der Waals surface area contributed by atoms with Crippen LogP contribution in [0.4, 0.5) is 4.79 Å². The van der Waals surface area contributed by atoms with Crippen LogP contribution in [0, 0.1) is 0 Å². The maximum atomic E-state index is 10.9. The van der Waals surface area contributed by atoms with Gasteiger partial charge in [-0.05, 0) is 18.4 Å². The topological polar surface area (TPSA) is 57.6 Å². The predicted octanol–water partition coefficient (Wildman–Crippen LogP) is 1.84. The molecule has 1 rings (SSSR count). The number of allylic oxidation sites excluding steroid dienone is 1. The number of carbonyl (C=O) groups excluding carboxylic acids is 1. The number of hydrogen-bond acceptors (Lipinski definition) is 2. The fraction of sp³-hybridized carbons (Fsp3) is 0.556. The van der Waals surface area contributed by atoms with E-state index in [2.05, 4.69) is 0 Å². The fourth-order valence-electron chi connectivity index (χ4n) is 1.44. The number of carboxylic acid groups (broad SMARTS) is 1. The second-order valence-electron chi connectivity index (χ2n) is 3.24. The van der Waals surface area contributed by atoms with Gasteiger partial charge in [0, 0.05) is 20.0 Å². The van der Waals surface area contributed by atoms with Gasteiger partial charge in [0.25, 0.3) is 0 Å². The average molecular weight is 218 g/mol. The SMILES string of the molecule is CC(=O)C(Cl)=C1CCN(C(=O)O)CC1. The van der Waals surface area contributed by atoms with Crippen LogP contribution in [0.5, 0.6) is 0 Å². The van der Waals surface area contributed by atoms with Crippen LogP contribution in [0.1, 0.15) is 19.8 Å². The molecule has 1 N–H and O–H groups in total. The molecule has 0 atom stereocenters. The third-order valence-electron chi connectivity index (χ3n) is 2.26. The fourth-order valence-corrected chi connectivity index (χ4v) is 1.63. The largest absolute Gasteiger partial charge is 0.465 e. The van der Waals surface area contributed by atoms with E-state index in [1.807, 2.05) is 0 Å². The number of ketones is 1. The molecule has 14 heavy (non-hydrogen) atoms. The predicted molar refractivity (Wildman–Crippen MR) is 52.4 cm³/mol. The van der Waals surface area contributed by atoms with Gasteiger partial charge < -0.3 is 10.0 Å². The highest BCUT2D eigenvalue weighted by Crippen LogP contribution is 2.22. The number of piperidine rings is 1. The standard InChI is InChI=1S/C9H12ClNO3/c1-6(12)8(10)7-2-4-11(5-3-7)9(13)14/h2-5H2,1H3,(H,13,14). The van der Waals surface area contributed by atoms with E-state index < -0.39 is 6.09 Å². The van der Waals surface area contributed by atoms with E-state index in [9.17, 15) is 9.59 Å². The minimum atomic E-state index is -0.914. The number of nitrogens with zero attached hydrogens (tertiary/aromatic N) is 1. The van der Waals surface area contributed by atoms with E-state index in [0.29, 0.717) is 25.9 Å². The second-order valence-corrected chi connectivity index (χ2v) is 3.62. The zero-order valence-corrected chi connectivity index (χ0v) is 8.67. The van der Waals surface area contributed by atoms with Crippen LogP contribution in [0.3, 0.4) is 0 Å². The summed E-state index contributed by atoms with van der Waals surface area (Å²) in [5.41, 5.74) is 0.872. The van der Waals surface area contributed by atoms with Gasteiger partial charge in [0.15, 0.2) is 5.78 Å². The molecule has 1 fully saturated rings. The Labute approximate surface area is 87.1 Å². The third-order valence-corrected chi connectivity index (χ3v) is 2.79. The van der Waals surface area contributed by atoms with Gasteiger partial charge in [-0.2, -0.15) is 0 Å². The number of amides is 1. The van der Waals surface area contributed by atoms with Crippen molar-refractivity contribution in [2.75, 3.05) is 13.1 Å². The van der Waals surface area contributed by atoms with Crippen LogP contribution in [0.25, 0.3) is 0 Å². The van der Waals surface area contributed by atoms with Gasteiger partial charge >= 0.3 is 6.09 Å². The Bertz CT molecular complexity index is 288. The Kier molecular flexibility index (Phi) is 3.52. The van der Waals surface area contributed by atoms with Gasteiger partial charge in [-0.25, -0.2) is 4.79 Å². The second kappa shape index (κ2) is 4.46. The first kappa shape index (κ1) is 11.0. The minimum Gasteiger partial charge on any atom is -0.465 e. The first-order valence-corrected chi connectivity index (χ1v) is 4.76. The van der Waals surface area contributed by atoms with Crippen LogP contribution >= 0.6 is 11.6 Å². The molecule has 1 aliphatic heterocycles. The Morgan fingerprint density at radius 3 is 2.21 bits per heavy atom. The van der Waals surface area contributed by atoms with Crippen molar-refractivity contribution in [2.24, 2.45) is 0 Å². The molecule has 0 aromatic heterocycles. The van der Waals surface area contributed by atoms with E-state index in [0.717, 1.165) is 5.57 Å². The van der Waals surface area contributed by atoms with Crippen LogP contribution < -0.4 is 0 Å². The quantitative estimate of drug-likeness (QED) is 0.682. The Morgan fingerprint density at radius 1 is 1.36 bits per heavy atom. The lowest BCUT2D eigenvalue weighted by Crippen LogP contribution is -2.35. The molecule has 1 saturated heterocycles. The number of likely N-dealkylation sites (tertiary alicyclic amines) is 1. The van der Waals surface area contributed by atoms with E-state index in [1.54, 1.807) is 0 Å². The summed E-state index contributed by atoms with van der Waals surface area (Å²) in [4.78, 5) is 22.8. The number of halogens is 1. The van der Waals surface area contributed by atoms with Crippen LogP contribution in [0.15, 0.2) is 10.6 Å². The van der Waals surface area contributed by atoms with E-state index in [4.69, 9.17) is 16.7 Å². The summed E-state index contributed by atoms with van der Waals surface area (Å²) < 4.78 is 0. The summed E-state index contributed by atoms with van der Waals surface area (Å²) in [6.45, 7) is 2.27. The highest BCUT2D eigenvalue weighted by Gasteiger charge is 2.20. The van der Waals surface area contributed by atoms with Crippen molar-refractivity contribution in [1.82, 2.24) is 4.90 Å². The Balaban J connectivity index is 2.63. The molecular formula is C9H12ClNO3. The van der Waals surface area contributed by atoms with Gasteiger partial charge in [-0.15, -0.1) is 0 Å². The molecule has 5 heteroatoms. The van der Waals surface area contributed by atoms with Gasteiger partial charge in [0.1, 0.15) is 0 Å². The van der Waals surface area contributed by atoms with E-state index in [1.165, 1.54) is 11.8 Å².